The predicted octanol–water partition coefficient (Wildman–Crippen LogP) is 5.34. The molecule has 190 valence electrons. The third-order valence-electron chi connectivity index (χ3n) is 5.11. The highest BCUT2D eigenvalue weighted by atomic mass is 32.1. The SMILES string of the molecule is Cc1ccccc1NC(=S)NC(=O)NCc1ccc(-c2ncn(-c3ccc(OC(F)(F)F)cc3)n2)cc1. The number of rotatable bonds is 6. The molecule has 4 aromatic rings. The van der Waals surface area contributed by atoms with E-state index in [-0.39, 0.29) is 17.4 Å². The molecule has 0 aliphatic heterocycles. The number of nitrogens with zero attached hydrogens (tertiary/aromatic N) is 3. The van der Waals surface area contributed by atoms with E-state index in [1.54, 1.807) is 12.1 Å². The Morgan fingerprint density at radius 1 is 1.03 bits per heavy atom. The number of thiocarbonyl (C=S) groups is 1. The number of amides is 2. The molecule has 12 heteroatoms. The Balaban J connectivity index is 1.29. The first-order chi connectivity index (χ1) is 17.7. The van der Waals surface area contributed by atoms with Crippen molar-refractivity contribution in [3.63, 3.8) is 0 Å². The maximum Gasteiger partial charge on any atom is 0.573 e. The summed E-state index contributed by atoms with van der Waals surface area (Å²) in [5.74, 6) is 0.111. The number of urea groups is 1. The number of carbonyl (C=O) groups excluding carboxylic acids is 1. The molecule has 0 saturated heterocycles. The number of ether oxygens (including phenoxy) is 1. The maximum atomic E-state index is 12.3. The van der Waals surface area contributed by atoms with Crippen LogP contribution in [-0.4, -0.2) is 32.3 Å². The molecule has 0 bridgehead atoms. The quantitative estimate of drug-likeness (QED) is 0.294. The molecule has 0 fully saturated rings. The highest BCUT2D eigenvalue weighted by molar-refractivity contribution is 7.80. The number of benzene rings is 3. The molecule has 0 radical (unpaired) electrons. The summed E-state index contributed by atoms with van der Waals surface area (Å²) < 4.78 is 42.3. The number of aromatic nitrogens is 3. The Hall–Kier alpha value is -4.45. The van der Waals surface area contributed by atoms with E-state index in [0.717, 1.165) is 22.4 Å². The van der Waals surface area contributed by atoms with Crippen molar-refractivity contribution in [3.05, 3.63) is 90.3 Å². The van der Waals surface area contributed by atoms with Gasteiger partial charge in [0.05, 0.1) is 5.69 Å². The Bertz CT molecular complexity index is 1390. The lowest BCUT2D eigenvalue weighted by molar-refractivity contribution is -0.274. The van der Waals surface area contributed by atoms with Gasteiger partial charge < -0.3 is 15.4 Å². The number of alkyl halides is 3. The summed E-state index contributed by atoms with van der Waals surface area (Å²) in [5, 5.41) is 12.9. The van der Waals surface area contributed by atoms with Crippen LogP contribution in [0.15, 0.2) is 79.1 Å². The maximum absolute atomic E-state index is 12.3. The van der Waals surface area contributed by atoms with Gasteiger partial charge in [0.1, 0.15) is 12.1 Å². The predicted molar refractivity (Wildman–Crippen MR) is 136 cm³/mol. The first-order valence-electron chi connectivity index (χ1n) is 10.9. The lowest BCUT2D eigenvalue weighted by atomic mass is 10.1. The number of nitrogens with one attached hydrogen (secondary N) is 3. The fourth-order valence-corrected chi connectivity index (χ4v) is 3.49. The van der Waals surface area contributed by atoms with E-state index < -0.39 is 12.4 Å². The molecule has 0 spiro atoms. The summed E-state index contributed by atoms with van der Waals surface area (Å²) in [6.07, 6.45) is -3.29. The minimum atomic E-state index is -4.75. The minimum Gasteiger partial charge on any atom is -0.406 e. The third-order valence-corrected chi connectivity index (χ3v) is 5.32. The molecule has 8 nitrogen and oxygen atoms in total. The van der Waals surface area contributed by atoms with Gasteiger partial charge in [-0.1, -0.05) is 42.5 Å². The number of hydrogen-bond acceptors (Lipinski definition) is 5. The van der Waals surface area contributed by atoms with Crippen molar-refractivity contribution in [2.45, 2.75) is 19.8 Å². The van der Waals surface area contributed by atoms with Crippen molar-refractivity contribution < 1.29 is 22.7 Å². The molecule has 1 aromatic heterocycles. The number of carbonyl (C=O) groups is 1. The van der Waals surface area contributed by atoms with Gasteiger partial charge >= 0.3 is 12.4 Å². The van der Waals surface area contributed by atoms with Gasteiger partial charge in [-0.15, -0.1) is 18.3 Å². The fraction of sp³-hybridized carbons (Fsp3) is 0.120. The zero-order valence-corrected chi connectivity index (χ0v) is 20.2. The van der Waals surface area contributed by atoms with E-state index >= 15 is 0 Å². The van der Waals surface area contributed by atoms with Gasteiger partial charge in [-0.2, -0.15) is 0 Å². The van der Waals surface area contributed by atoms with Crippen LogP contribution < -0.4 is 20.7 Å². The number of aryl methyl sites for hydroxylation is 1. The van der Waals surface area contributed by atoms with Gasteiger partial charge in [-0.05, 0) is 60.6 Å². The zero-order valence-electron chi connectivity index (χ0n) is 19.4. The van der Waals surface area contributed by atoms with Gasteiger partial charge in [0, 0.05) is 17.8 Å². The minimum absolute atomic E-state index is 0.186. The van der Waals surface area contributed by atoms with Crippen molar-refractivity contribution in [2.75, 3.05) is 5.32 Å². The van der Waals surface area contributed by atoms with Crippen LogP contribution in [0.2, 0.25) is 0 Å². The summed E-state index contributed by atoms with van der Waals surface area (Å²) in [6, 6.07) is 19.7. The van der Waals surface area contributed by atoms with E-state index in [1.165, 1.54) is 35.3 Å². The summed E-state index contributed by atoms with van der Waals surface area (Å²) in [4.78, 5) is 16.4. The van der Waals surface area contributed by atoms with E-state index in [9.17, 15) is 18.0 Å². The Morgan fingerprint density at radius 3 is 2.41 bits per heavy atom. The van der Waals surface area contributed by atoms with Crippen LogP contribution in [0.1, 0.15) is 11.1 Å². The highest BCUT2D eigenvalue weighted by Crippen LogP contribution is 2.24. The molecule has 0 aliphatic rings. The number of halogens is 3. The first kappa shape index (κ1) is 25.6. The van der Waals surface area contributed by atoms with E-state index in [0.29, 0.717) is 11.5 Å². The number of para-hydroxylation sites is 1. The normalized spacial score (nSPS) is 11.0. The Morgan fingerprint density at radius 2 is 1.73 bits per heavy atom. The summed E-state index contributed by atoms with van der Waals surface area (Å²) in [5.41, 5.74) is 3.91. The number of hydrogen-bond donors (Lipinski definition) is 3. The van der Waals surface area contributed by atoms with Crippen LogP contribution in [0.25, 0.3) is 17.1 Å². The zero-order chi connectivity index (χ0) is 26.4. The van der Waals surface area contributed by atoms with Crippen LogP contribution in [0, 0.1) is 6.92 Å². The topological polar surface area (TPSA) is 93.1 Å². The molecular weight excluding hydrogens is 505 g/mol. The second kappa shape index (κ2) is 11.1. The van der Waals surface area contributed by atoms with Crippen molar-refractivity contribution in [1.29, 1.82) is 0 Å². The lowest BCUT2D eigenvalue weighted by Crippen LogP contribution is -2.41. The molecule has 3 aromatic carbocycles. The molecule has 0 aliphatic carbocycles. The van der Waals surface area contributed by atoms with Crippen LogP contribution in [0.4, 0.5) is 23.7 Å². The first-order valence-corrected chi connectivity index (χ1v) is 11.4. The van der Waals surface area contributed by atoms with Gasteiger partial charge in [0.25, 0.3) is 0 Å². The summed E-state index contributed by atoms with van der Waals surface area (Å²) >= 11 is 5.19. The molecule has 37 heavy (non-hydrogen) atoms. The third kappa shape index (κ3) is 7.27. The summed E-state index contributed by atoms with van der Waals surface area (Å²) in [6.45, 7) is 2.20. The monoisotopic (exact) mass is 526 g/mol. The van der Waals surface area contributed by atoms with Gasteiger partial charge in [-0.25, -0.2) is 14.5 Å². The van der Waals surface area contributed by atoms with Gasteiger partial charge in [-0.3, -0.25) is 5.32 Å². The fourth-order valence-electron chi connectivity index (χ4n) is 3.29. The molecule has 1 heterocycles. The number of anilines is 1. The summed E-state index contributed by atoms with van der Waals surface area (Å²) in [7, 11) is 0. The molecular formula is C25H21F3N6O2S. The van der Waals surface area contributed by atoms with Gasteiger partial charge in [0.2, 0.25) is 0 Å². The second-order valence-electron chi connectivity index (χ2n) is 7.83. The van der Waals surface area contributed by atoms with Crippen molar-refractivity contribution in [3.8, 4) is 22.8 Å². The largest absolute Gasteiger partial charge is 0.573 e. The van der Waals surface area contributed by atoms with Crippen LogP contribution >= 0.6 is 12.2 Å². The van der Waals surface area contributed by atoms with E-state index in [1.807, 2.05) is 43.3 Å². The molecule has 4 rings (SSSR count). The lowest BCUT2D eigenvalue weighted by Gasteiger charge is -2.12. The van der Waals surface area contributed by atoms with Crippen molar-refractivity contribution in [2.24, 2.45) is 0 Å². The molecule has 0 atom stereocenters. The van der Waals surface area contributed by atoms with Crippen LogP contribution in [0.5, 0.6) is 5.75 Å². The average Bonchev–Trinajstić information content (AvgIpc) is 3.34. The van der Waals surface area contributed by atoms with E-state index in [2.05, 4.69) is 30.8 Å². The molecule has 0 unspecified atom stereocenters. The van der Waals surface area contributed by atoms with Crippen LogP contribution in [-0.2, 0) is 6.54 Å². The van der Waals surface area contributed by atoms with Crippen molar-refractivity contribution >= 4 is 29.0 Å². The average molecular weight is 527 g/mol. The van der Waals surface area contributed by atoms with E-state index in [4.69, 9.17) is 12.2 Å². The second-order valence-corrected chi connectivity index (χ2v) is 8.24. The van der Waals surface area contributed by atoms with Gasteiger partial charge in [0.15, 0.2) is 10.9 Å². The molecule has 0 saturated carbocycles. The Kier molecular flexibility index (Phi) is 7.68. The smallest absolute Gasteiger partial charge is 0.406 e. The molecule has 3 N–H and O–H groups in total. The highest BCUT2D eigenvalue weighted by Gasteiger charge is 2.31. The Labute approximate surface area is 215 Å². The van der Waals surface area contributed by atoms with Crippen molar-refractivity contribution in [1.82, 2.24) is 25.4 Å². The molecule has 2 amide bonds. The standard InChI is InChI=1S/C25H21F3N6O2S/c1-16-4-2-3-5-21(16)31-24(37)32-23(35)29-14-17-6-8-18(9-7-17)22-30-15-34(33-22)19-10-12-20(13-11-19)36-25(26,27)28/h2-13,15H,14H2,1H3,(H3,29,31,32,35,37). The van der Waals surface area contributed by atoms with Crippen LogP contribution in [0.3, 0.4) is 0 Å².